The van der Waals surface area contributed by atoms with Crippen LogP contribution in [0, 0.1) is 0 Å². The molecule has 0 aliphatic heterocycles. The van der Waals surface area contributed by atoms with Crippen LogP contribution < -0.4 is 0 Å². The maximum absolute atomic E-state index is 9.40. The van der Waals surface area contributed by atoms with E-state index >= 15 is 0 Å². The van der Waals surface area contributed by atoms with Crippen molar-refractivity contribution in [3.8, 4) is 0 Å². The highest BCUT2D eigenvalue weighted by Gasteiger charge is 2.29. The van der Waals surface area contributed by atoms with E-state index in [4.69, 9.17) is 4.89 Å². The summed E-state index contributed by atoms with van der Waals surface area (Å²) in [4.78, 5) is 4.99. The quantitative estimate of drug-likeness (QED) is 0.205. The fraction of sp³-hybridized carbons (Fsp3) is 1.00. The molecule has 0 aliphatic rings. The third-order valence-electron chi connectivity index (χ3n) is 4.40. The molecule has 0 radical (unpaired) electrons. The zero-order valence-corrected chi connectivity index (χ0v) is 14.3. The fourth-order valence-electron chi connectivity index (χ4n) is 2.91. The van der Waals surface area contributed by atoms with Gasteiger partial charge in [0.2, 0.25) is 0 Å². The van der Waals surface area contributed by atoms with Gasteiger partial charge >= 0.3 is 0 Å². The number of hydrogen-bond acceptors (Lipinski definition) is 2. The average molecular weight is 286 g/mol. The predicted octanol–water partition coefficient (Wildman–Crippen LogP) is 6.74. The summed E-state index contributed by atoms with van der Waals surface area (Å²) in [6.07, 6.45) is 16.9. The Morgan fingerprint density at radius 2 is 1.00 bits per heavy atom. The lowest BCUT2D eigenvalue weighted by Gasteiger charge is -2.30. The predicted molar refractivity (Wildman–Crippen MR) is 88.1 cm³/mol. The Bertz CT molecular complexity index is 184. The molecule has 0 spiro atoms. The lowest BCUT2D eigenvalue weighted by molar-refractivity contribution is -0.330. The highest BCUT2D eigenvalue weighted by molar-refractivity contribution is 4.79. The lowest BCUT2D eigenvalue weighted by atomic mass is 9.85. The van der Waals surface area contributed by atoms with Crippen LogP contribution in [0.5, 0.6) is 0 Å². The Kier molecular flexibility index (Phi) is 13.8. The van der Waals surface area contributed by atoms with E-state index in [0.29, 0.717) is 0 Å². The zero-order chi connectivity index (χ0) is 15.1. The van der Waals surface area contributed by atoms with Gasteiger partial charge in [-0.3, -0.25) is 5.26 Å². The Labute approximate surface area is 127 Å². The minimum Gasteiger partial charge on any atom is -0.251 e. The van der Waals surface area contributed by atoms with E-state index in [1.807, 2.05) is 0 Å². The van der Waals surface area contributed by atoms with E-state index in [9.17, 15) is 5.26 Å². The van der Waals surface area contributed by atoms with Gasteiger partial charge in [0.25, 0.3) is 0 Å². The molecule has 2 heteroatoms. The van der Waals surface area contributed by atoms with Crippen LogP contribution in [0.15, 0.2) is 0 Å². The summed E-state index contributed by atoms with van der Waals surface area (Å²) in [5, 5.41) is 9.40. The first-order chi connectivity index (χ1) is 9.74. The van der Waals surface area contributed by atoms with Gasteiger partial charge in [-0.2, -0.15) is 0 Å². The van der Waals surface area contributed by atoms with Crippen LogP contribution in [0.25, 0.3) is 0 Å². The van der Waals surface area contributed by atoms with Crippen molar-refractivity contribution < 1.29 is 10.1 Å². The molecule has 0 amide bonds. The van der Waals surface area contributed by atoms with Crippen molar-refractivity contribution in [2.45, 2.75) is 116 Å². The standard InChI is InChI=1S/C18H38O2/c1-4-7-10-11-12-13-14-17-18(20-19,15-8-5-2)16-9-6-3/h19H,4-17H2,1-3H3. The smallest absolute Gasteiger partial charge is 0.103 e. The zero-order valence-electron chi connectivity index (χ0n) is 14.3. The number of rotatable bonds is 15. The van der Waals surface area contributed by atoms with Crippen molar-refractivity contribution >= 4 is 0 Å². The molecular weight excluding hydrogens is 248 g/mol. The SMILES string of the molecule is CCCCCCCCCC(CCCC)(CCCC)OO. The Hall–Kier alpha value is -0.0800. The second-order valence-electron chi connectivity index (χ2n) is 6.35. The van der Waals surface area contributed by atoms with Crippen molar-refractivity contribution in [3.05, 3.63) is 0 Å². The van der Waals surface area contributed by atoms with E-state index in [1.165, 1.54) is 57.8 Å². The number of unbranched alkanes of at least 4 members (excludes halogenated alkanes) is 8. The van der Waals surface area contributed by atoms with E-state index in [2.05, 4.69) is 20.8 Å². The topological polar surface area (TPSA) is 29.5 Å². The first kappa shape index (κ1) is 19.9. The molecule has 0 bridgehead atoms. The van der Waals surface area contributed by atoms with Crippen molar-refractivity contribution in [3.63, 3.8) is 0 Å². The largest absolute Gasteiger partial charge is 0.251 e. The van der Waals surface area contributed by atoms with E-state index in [1.54, 1.807) is 0 Å². The molecule has 0 saturated heterocycles. The third kappa shape index (κ3) is 9.77. The van der Waals surface area contributed by atoms with Crippen LogP contribution in [-0.2, 0) is 4.89 Å². The van der Waals surface area contributed by atoms with Gasteiger partial charge in [-0.1, -0.05) is 91.4 Å². The monoisotopic (exact) mass is 286 g/mol. The third-order valence-corrected chi connectivity index (χ3v) is 4.40. The summed E-state index contributed by atoms with van der Waals surface area (Å²) in [5.74, 6) is 0. The Morgan fingerprint density at radius 3 is 1.45 bits per heavy atom. The Morgan fingerprint density at radius 1 is 0.600 bits per heavy atom. The van der Waals surface area contributed by atoms with Crippen molar-refractivity contribution in [2.24, 2.45) is 0 Å². The summed E-state index contributed by atoms with van der Waals surface area (Å²) < 4.78 is 0. The van der Waals surface area contributed by atoms with Gasteiger partial charge in [0.15, 0.2) is 0 Å². The highest BCUT2D eigenvalue weighted by Crippen LogP contribution is 2.31. The van der Waals surface area contributed by atoms with Crippen molar-refractivity contribution in [1.29, 1.82) is 0 Å². The van der Waals surface area contributed by atoms with Crippen LogP contribution >= 0.6 is 0 Å². The molecular formula is C18H38O2. The summed E-state index contributed by atoms with van der Waals surface area (Å²) >= 11 is 0. The van der Waals surface area contributed by atoms with E-state index in [-0.39, 0.29) is 5.60 Å². The molecule has 2 nitrogen and oxygen atoms in total. The second-order valence-corrected chi connectivity index (χ2v) is 6.35. The molecule has 0 rings (SSSR count). The average Bonchev–Trinajstić information content (AvgIpc) is 2.48. The van der Waals surface area contributed by atoms with Gasteiger partial charge in [0.05, 0.1) is 0 Å². The second kappa shape index (κ2) is 13.9. The van der Waals surface area contributed by atoms with Crippen LogP contribution in [0.2, 0.25) is 0 Å². The summed E-state index contributed by atoms with van der Waals surface area (Å²) in [6.45, 7) is 6.67. The van der Waals surface area contributed by atoms with Gasteiger partial charge in [-0.25, -0.2) is 4.89 Å². The van der Waals surface area contributed by atoms with Gasteiger partial charge in [-0.05, 0) is 19.3 Å². The molecule has 0 unspecified atom stereocenters. The van der Waals surface area contributed by atoms with Crippen LogP contribution in [-0.4, -0.2) is 10.9 Å². The van der Waals surface area contributed by atoms with Gasteiger partial charge in [-0.15, -0.1) is 0 Å². The molecule has 0 fully saturated rings. The molecule has 1 N–H and O–H groups in total. The summed E-state index contributed by atoms with van der Waals surface area (Å²) in [5.41, 5.74) is -0.255. The van der Waals surface area contributed by atoms with Crippen molar-refractivity contribution in [1.82, 2.24) is 0 Å². The van der Waals surface area contributed by atoms with Crippen LogP contribution in [0.1, 0.15) is 111 Å². The van der Waals surface area contributed by atoms with E-state index in [0.717, 1.165) is 32.1 Å². The Balaban J connectivity index is 3.94. The summed E-state index contributed by atoms with van der Waals surface area (Å²) in [6, 6.07) is 0. The molecule has 0 aromatic carbocycles. The fourth-order valence-corrected chi connectivity index (χ4v) is 2.91. The van der Waals surface area contributed by atoms with Crippen LogP contribution in [0.4, 0.5) is 0 Å². The maximum Gasteiger partial charge on any atom is 0.103 e. The van der Waals surface area contributed by atoms with Crippen molar-refractivity contribution in [2.75, 3.05) is 0 Å². The molecule has 0 aromatic rings. The van der Waals surface area contributed by atoms with Gasteiger partial charge < -0.3 is 0 Å². The van der Waals surface area contributed by atoms with Gasteiger partial charge in [0, 0.05) is 0 Å². The molecule has 0 aliphatic carbocycles. The summed E-state index contributed by atoms with van der Waals surface area (Å²) in [7, 11) is 0. The number of hydrogen-bond donors (Lipinski definition) is 1. The first-order valence-electron chi connectivity index (χ1n) is 9.07. The normalized spacial score (nSPS) is 12.0. The minimum atomic E-state index is -0.255. The molecule has 0 aromatic heterocycles. The van der Waals surface area contributed by atoms with E-state index < -0.39 is 0 Å². The van der Waals surface area contributed by atoms with Crippen LogP contribution in [0.3, 0.4) is 0 Å². The molecule has 0 atom stereocenters. The molecule has 20 heavy (non-hydrogen) atoms. The molecule has 122 valence electrons. The highest BCUT2D eigenvalue weighted by atomic mass is 17.1. The maximum atomic E-state index is 9.40. The van der Waals surface area contributed by atoms with Gasteiger partial charge in [0.1, 0.15) is 5.60 Å². The molecule has 0 saturated carbocycles. The minimum absolute atomic E-state index is 0.255. The first-order valence-corrected chi connectivity index (χ1v) is 9.07. The lowest BCUT2D eigenvalue weighted by Crippen LogP contribution is -2.31. The molecule has 0 heterocycles.